The molecule has 11 heavy (non-hydrogen) atoms. The fraction of sp³-hybridized carbons (Fsp3) is 0.500. The molecule has 0 radical (unpaired) electrons. The van der Waals surface area contributed by atoms with Gasteiger partial charge in [0.2, 0.25) is 0 Å². The molecule has 64 valence electrons. The van der Waals surface area contributed by atoms with E-state index in [2.05, 4.69) is 0 Å². The van der Waals surface area contributed by atoms with Gasteiger partial charge in [0.25, 0.3) is 0 Å². The molecule has 0 amide bonds. The summed E-state index contributed by atoms with van der Waals surface area (Å²) in [6.07, 6.45) is 2.32. The van der Waals surface area contributed by atoms with E-state index < -0.39 is 0 Å². The summed E-state index contributed by atoms with van der Waals surface area (Å²) in [7, 11) is 0. The number of rotatable bonds is 3. The van der Waals surface area contributed by atoms with Crippen LogP contribution in [0.3, 0.4) is 0 Å². The van der Waals surface area contributed by atoms with Crippen molar-refractivity contribution in [3.63, 3.8) is 0 Å². The van der Waals surface area contributed by atoms with Crippen LogP contribution < -0.4 is 4.80 Å². The van der Waals surface area contributed by atoms with E-state index in [0.717, 1.165) is 0 Å². The highest BCUT2D eigenvalue weighted by Gasteiger charge is 1.91. The third-order valence-electron chi connectivity index (χ3n) is 1.21. The normalized spacial score (nSPS) is 9.18. The van der Waals surface area contributed by atoms with Crippen LogP contribution in [0.25, 0.3) is 0 Å². The Kier molecular flexibility index (Phi) is 5.41. The van der Waals surface area contributed by atoms with E-state index >= 15 is 0 Å². The summed E-state index contributed by atoms with van der Waals surface area (Å²) in [6.45, 7) is 0.321. The van der Waals surface area contributed by atoms with Crippen LogP contribution in [0.4, 0.5) is 4.39 Å². The summed E-state index contributed by atoms with van der Waals surface area (Å²) >= 11 is 1.36. The van der Waals surface area contributed by atoms with E-state index in [0.29, 0.717) is 17.8 Å². The molecule has 0 saturated carbocycles. The molecule has 1 aromatic rings. The lowest BCUT2D eigenvalue weighted by Gasteiger charge is -1.96. The van der Waals surface area contributed by atoms with Crippen molar-refractivity contribution < 1.29 is 4.39 Å². The van der Waals surface area contributed by atoms with Crippen molar-refractivity contribution in [3.8, 4) is 0 Å². The Balaban J connectivity index is 0.000001000. The highest BCUT2D eigenvalue weighted by atomic mass is 79.9. The van der Waals surface area contributed by atoms with Gasteiger partial charge >= 0.3 is 0 Å². The lowest BCUT2D eigenvalue weighted by molar-refractivity contribution is 0.444. The van der Waals surface area contributed by atoms with Gasteiger partial charge in [-0.2, -0.15) is 0 Å². The molecule has 0 aromatic carbocycles. The smallest absolute Gasteiger partial charge is 0.181 e. The van der Waals surface area contributed by atoms with Crippen molar-refractivity contribution in [1.82, 2.24) is 4.57 Å². The molecule has 0 spiro atoms. The van der Waals surface area contributed by atoms with Gasteiger partial charge in [0.05, 0.1) is 6.67 Å². The summed E-state index contributed by atoms with van der Waals surface area (Å²) in [5.41, 5.74) is 0. The minimum absolute atomic E-state index is 0. The van der Waals surface area contributed by atoms with Gasteiger partial charge in [-0.15, -0.1) is 28.3 Å². The van der Waals surface area contributed by atoms with Crippen LogP contribution in [0.2, 0.25) is 0 Å². The van der Waals surface area contributed by atoms with Crippen molar-refractivity contribution >= 4 is 28.3 Å². The first-order valence-corrected chi connectivity index (χ1v) is 3.97. The van der Waals surface area contributed by atoms with Crippen LogP contribution in [0.5, 0.6) is 0 Å². The third-order valence-corrected chi connectivity index (χ3v) is 1.93. The van der Waals surface area contributed by atoms with Crippen molar-refractivity contribution in [1.29, 1.82) is 5.41 Å². The molecule has 0 unspecified atom stereocenters. The second kappa shape index (κ2) is 5.49. The molecule has 0 saturated heterocycles. The Morgan fingerprint density at radius 3 is 2.82 bits per heavy atom. The van der Waals surface area contributed by atoms with Crippen LogP contribution in [-0.4, -0.2) is 11.2 Å². The Hall–Kier alpha value is -0.160. The topological polar surface area (TPSA) is 28.8 Å². The van der Waals surface area contributed by atoms with Crippen LogP contribution in [0, 0.1) is 5.41 Å². The molecular formula is C6H10BrFN2S. The predicted octanol–water partition coefficient (Wildman–Crippen LogP) is 1.97. The van der Waals surface area contributed by atoms with Gasteiger partial charge in [0.1, 0.15) is 0 Å². The summed E-state index contributed by atoms with van der Waals surface area (Å²) in [5, 5.41) is 9.12. The van der Waals surface area contributed by atoms with Gasteiger partial charge in [-0.1, -0.05) is 0 Å². The molecule has 1 rings (SSSR count). The standard InChI is InChI=1S/C6H9FN2S.BrH/c7-2-1-3-9-4-5-10-6(9)8;/h4-5,8H,1-3H2;1H. The number of hydrogen-bond acceptors (Lipinski definition) is 2. The molecule has 1 N–H and O–H groups in total. The number of nitrogens with zero attached hydrogens (tertiary/aromatic N) is 1. The zero-order valence-corrected chi connectivity index (χ0v) is 8.45. The summed E-state index contributed by atoms with van der Waals surface area (Å²) in [6, 6.07) is 0. The molecule has 0 aliphatic rings. The maximum Gasteiger partial charge on any atom is 0.181 e. The Labute approximate surface area is 79.0 Å². The molecule has 1 heterocycles. The lowest BCUT2D eigenvalue weighted by Crippen LogP contribution is -2.12. The van der Waals surface area contributed by atoms with Crippen LogP contribution in [0.1, 0.15) is 6.42 Å². The molecule has 1 aromatic heterocycles. The predicted molar refractivity (Wildman–Crippen MR) is 49.1 cm³/mol. The van der Waals surface area contributed by atoms with Crippen molar-refractivity contribution in [2.24, 2.45) is 0 Å². The minimum atomic E-state index is -0.303. The first-order chi connectivity index (χ1) is 4.84. The number of nitrogens with one attached hydrogen (secondary N) is 1. The average Bonchev–Trinajstić information content (AvgIpc) is 2.31. The lowest BCUT2D eigenvalue weighted by atomic mass is 10.5. The van der Waals surface area contributed by atoms with E-state index in [1.807, 2.05) is 11.6 Å². The highest BCUT2D eigenvalue weighted by molar-refractivity contribution is 8.93. The Morgan fingerprint density at radius 2 is 2.36 bits per heavy atom. The van der Waals surface area contributed by atoms with Gasteiger partial charge in [-0.25, -0.2) is 0 Å². The van der Waals surface area contributed by atoms with Crippen LogP contribution >= 0.6 is 28.3 Å². The fourth-order valence-corrected chi connectivity index (χ4v) is 1.33. The largest absolute Gasteiger partial charge is 0.324 e. The number of aromatic nitrogens is 1. The first-order valence-electron chi connectivity index (χ1n) is 3.09. The summed E-state index contributed by atoms with van der Waals surface area (Å²) in [4.78, 5) is 0.494. The number of alkyl halides is 1. The zero-order valence-electron chi connectivity index (χ0n) is 5.92. The van der Waals surface area contributed by atoms with Gasteiger partial charge < -0.3 is 4.57 Å². The number of hydrogen-bond donors (Lipinski definition) is 1. The summed E-state index contributed by atoms with van der Waals surface area (Å²) in [5.74, 6) is 0. The molecule has 0 atom stereocenters. The first kappa shape index (κ1) is 10.8. The maximum atomic E-state index is 11.6. The Bertz CT molecular complexity index is 245. The molecule has 5 heteroatoms. The van der Waals surface area contributed by atoms with Gasteiger partial charge in [-0.3, -0.25) is 9.80 Å². The van der Waals surface area contributed by atoms with E-state index in [-0.39, 0.29) is 23.7 Å². The molecule has 0 aliphatic heterocycles. The van der Waals surface area contributed by atoms with Crippen LogP contribution in [-0.2, 0) is 6.54 Å². The van der Waals surface area contributed by atoms with Crippen molar-refractivity contribution in [3.05, 3.63) is 16.4 Å². The number of thiazole rings is 1. The fourth-order valence-electron chi connectivity index (χ4n) is 0.710. The molecule has 0 aliphatic carbocycles. The molecule has 0 bridgehead atoms. The van der Waals surface area contributed by atoms with E-state index in [1.54, 1.807) is 4.57 Å². The SMILES string of the molecule is Br.N=c1sccn1CCCF. The second-order valence-corrected chi connectivity index (χ2v) is 2.84. The van der Waals surface area contributed by atoms with Crippen LogP contribution in [0.15, 0.2) is 11.6 Å². The number of aryl methyl sites for hydroxylation is 1. The van der Waals surface area contributed by atoms with E-state index in [9.17, 15) is 4.39 Å². The van der Waals surface area contributed by atoms with Gasteiger partial charge in [0, 0.05) is 18.1 Å². The average molecular weight is 241 g/mol. The zero-order chi connectivity index (χ0) is 7.40. The van der Waals surface area contributed by atoms with E-state index in [1.165, 1.54) is 11.3 Å². The van der Waals surface area contributed by atoms with Gasteiger partial charge in [0.15, 0.2) is 4.80 Å². The highest BCUT2D eigenvalue weighted by Crippen LogP contribution is 1.91. The van der Waals surface area contributed by atoms with Crippen molar-refractivity contribution in [2.75, 3.05) is 6.67 Å². The van der Waals surface area contributed by atoms with Crippen molar-refractivity contribution in [2.45, 2.75) is 13.0 Å². The molecular weight excluding hydrogens is 231 g/mol. The van der Waals surface area contributed by atoms with E-state index in [4.69, 9.17) is 5.41 Å². The number of halogens is 2. The van der Waals surface area contributed by atoms with Gasteiger partial charge in [-0.05, 0) is 6.42 Å². The maximum absolute atomic E-state index is 11.6. The Morgan fingerprint density at radius 1 is 1.64 bits per heavy atom. The third kappa shape index (κ3) is 3.16. The minimum Gasteiger partial charge on any atom is -0.324 e. The molecule has 2 nitrogen and oxygen atoms in total. The second-order valence-electron chi connectivity index (χ2n) is 1.94. The molecule has 0 fully saturated rings. The summed E-state index contributed by atoms with van der Waals surface area (Å²) < 4.78 is 13.4. The quantitative estimate of drug-likeness (QED) is 0.838. The monoisotopic (exact) mass is 240 g/mol.